The highest BCUT2D eigenvalue weighted by Gasteiger charge is 2.11. The second kappa shape index (κ2) is 3.87. The van der Waals surface area contributed by atoms with E-state index >= 15 is 0 Å². The van der Waals surface area contributed by atoms with E-state index in [1.807, 2.05) is 0 Å². The first-order valence-electron chi connectivity index (χ1n) is 4.13. The number of esters is 2. The molecular formula is C9H6N2O4. The van der Waals surface area contributed by atoms with E-state index in [0.717, 1.165) is 0 Å². The van der Waals surface area contributed by atoms with Crippen LogP contribution in [0.1, 0.15) is 0 Å². The van der Waals surface area contributed by atoms with Crippen LogP contribution in [0.4, 0.5) is 0 Å². The van der Waals surface area contributed by atoms with Gasteiger partial charge in [-0.1, -0.05) is 0 Å². The maximum atomic E-state index is 10.6. The molecule has 2 aliphatic rings. The second-order valence-electron chi connectivity index (χ2n) is 2.64. The zero-order valence-corrected chi connectivity index (χ0v) is 7.54. The number of hydrogen-bond donors (Lipinski definition) is 0. The molecule has 2 heterocycles. The van der Waals surface area contributed by atoms with Gasteiger partial charge in [0.1, 0.15) is 6.67 Å². The molecule has 0 bridgehead atoms. The standard InChI is InChI=1S/C9H6N2O4/c12-8-3-1-6(14-8)10-5-11-7-2-4-9(13)15-7/h1-4H,5H2/b10-6-,11-7-. The number of aliphatic imine (C=N–C) groups is 2. The van der Waals surface area contributed by atoms with Crippen molar-refractivity contribution < 1.29 is 19.1 Å². The van der Waals surface area contributed by atoms with E-state index in [1.165, 1.54) is 24.3 Å². The van der Waals surface area contributed by atoms with Crippen molar-refractivity contribution in [1.82, 2.24) is 0 Å². The van der Waals surface area contributed by atoms with Crippen molar-refractivity contribution in [3.8, 4) is 0 Å². The SMILES string of the molecule is O=C1C=C/C(=N/C/N=C2/C=CC(=O)O2)O1. The molecular weight excluding hydrogens is 200 g/mol. The minimum absolute atomic E-state index is 0.0416. The van der Waals surface area contributed by atoms with Gasteiger partial charge in [0.2, 0.25) is 11.8 Å². The number of cyclic esters (lactones) is 2. The number of carbonyl (C=O) groups is 2. The van der Waals surface area contributed by atoms with Crippen LogP contribution in [0.3, 0.4) is 0 Å². The van der Waals surface area contributed by atoms with E-state index in [9.17, 15) is 9.59 Å². The minimum atomic E-state index is -0.450. The highest BCUT2D eigenvalue weighted by atomic mass is 16.5. The number of ether oxygens (including phenoxy) is 2. The van der Waals surface area contributed by atoms with Gasteiger partial charge < -0.3 is 9.47 Å². The number of hydrogen-bond acceptors (Lipinski definition) is 6. The Morgan fingerprint density at radius 3 is 1.67 bits per heavy atom. The monoisotopic (exact) mass is 206 g/mol. The summed E-state index contributed by atoms with van der Waals surface area (Å²) < 4.78 is 9.30. The fourth-order valence-electron chi connectivity index (χ4n) is 0.966. The third-order valence-electron chi connectivity index (χ3n) is 1.59. The quantitative estimate of drug-likeness (QED) is 0.594. The molecule has 2 rings (SSSR count). The molecule has 0 aromatic heterocycles. The topological polar surface area (TPSA) is 77.3 Å². The van der Waals surface area contributed by atoms with Gasteiger partial charge in [0.25, 0.3) is 0 Å². The Morgan fingerprint density at radius 1 is 0.867 bits per heavy atom. The third-order valence-corrected chi connectivity index (χ3v) is 1.59. The van der Waals surface area contributed by atoms with Crippen LogP contribution >= 0.6 is 0 Å². The van der Waals surface area contributed by atoms with Crippen LogP contribution in [-0.4, -0.2) is 30.4 Å². The summed E-state index contributed by atoms with van der Waals surface area (Å²) in [6.45, 7) is 0.0416. The Labute approximate surface area is 84.6 Å². The molecule has 2 aliphatic heterocycles. The summed E-state index contributed by atoms with van der Waals surface area (Å²) in [6.07, 6.45) is 5.42. The predicted octanol–water partition coefficient (Wildman–Crippen LogP) is -0.0331. The molecule has 0 aromatic rings. The first kappa shape index (κ1) is 9.32. The summed E-state index contributed by atoms with van der Waals surface area (Å²) >= 11 is 0. The Kier molecular flexibility index (Phi) is 2.40. The smallest absolute Gasteiger partial charge is 0.337 e. The van der Waals surface area contributed by atoms with Crippen LogP contribution in [0, 0.1) is 0 Å². The zero-order valence-electron chi connectivity index (χ0n) is 7.54. The maximum Gasteiger partial charge on any atom is 0.337 e. The van der Waals surface area contributed by atoms with Gasteiger partial charge >= 0.3 is 11.9 Å². The fourth-order valence-corrected chi connectivity index (χ4v) is 0.966. The van der Waals surface area contributed by atoms with Gasteiger partial charge in [0.05, 0.1) is 0 Å². The Hall–Kier alpha value is -2.24. The average Bonchev–Trinajstić information content (AvgIpc) is 2.76. The summed E-state index contributed by atoms with van der Waals surface area (Å²) in [7, 11) is 0. The Morgan fingerprint density at radius 2 is 1.33 bits per heavy atom. The lowest BCUT2D eigenvalue weighted by Gasteiger charge is -1.94. The lowest BCUT2D eigenvalue weighted by atomic mass is 10.5. The molecule has 0 spiro atoms. The van der Waals surface area contributed by atoms with Crippen LogP contribution in [0.25, 0.3) is 0 Å². The first-order chi connectivity index (χ1) is 7.24. The molecule has 0 aliphatic carbocycles. The van der Waals surface area contributed by atoms with Crippen LogP contribution < -0.4 is 0 Å². The molecule has 0 aromatic carbocycles. The van der Waals surface area contributed by atoms with E-state index in [2.05, 4.69) is 19.5 Å². The van der Waals surface area contributed by atoms with Crippen molar-refractivity contribution in [3.63, 3.8) is 0 Å². The zero-order chi connectivity index (χ0) is 10.7. The largest absolute Gasteiger partial charge is 0.405 e. The van der Waals surface area contributed by atoms with E-state index in [0.29, 0.717) is 0 Å². The van der Waals surface area contributed by atoms with Crippen LogP contribution in [0.5, 0.6) is 0 Å². The summed E-state index contributed by atoms with van der Waals surface area (Å²) in [5.74, 6) is -0.488. The third kappa shape index (κ3) is 2.37. The van der Waals surface area contributed by atoms with Gasteiger partial charge in [0, 0.05) is 24.3 Å². The summed E-state index contributed by atoms with van der Waals surface area (Å²) in [6, 6.07) is 0. The van der Waals surface area contributed by atoms with Gasteiger partial charge in [0.15, 0.2) is 0 Å². The van der Waals surface area contributed by atoms with Crippen molar-refractivity contribution >= 4 is 23.7 Å². The molecule has 0 saturated carbocycles. The van der Waals surface area contributed by atoms with E-state index < -0.39 is 11.9 Å². The van der Waals surface area contributed by atoms with E-state index in [4.69, 9.17) is 0 Å². The van der Waals surface area contributed by atoms with E-state index in [1.54, 1.807) is 0 Å². The Balaban J connectivity index is 1.90. The molecule has 6 heteroatoms. The summed E-state index contributed by atoms with van der Waals surface area (Å²) in [4.78, 5) is 28.9. The summed E-state index contributed by atoms with van der Waals surface area (Å²) in [5, 5.41) is 0. The van der Waals surface area contributed by atoms with Crippen molar-refractivity contribution in [1.29, 1.82) is 0 Å². The lowest BCUT2D eigenvalue weighted by Crippen LogP contribution is -2.02. The van der Waals surface area contributed by atoms with Crippen LogP contribution in [-0.2, 0) is 19.1 Å². The molecule has 0 saturated heterocycles. The highest BCUT2D eigenvalue weighted by Crippen LogP contribution is 2.00. The summed E-state index contributed by atoms with van der Waals surface area (Å²) in [5.41, 5.74) is 0. The molecule has 0 N–H and O–H groups in total. The number of carbonyl (C=O) groups excluding carboxylic acids is 2. The van der Waals surface area contributed by atoms with Gasteiger partial charge in [-0.15, -0.1) is 0 Å². The van der Waals surface area contributed by atoms with E-state index in [-0.39, 0.29) is 18.5 Å². The van der Waals surface area contributed by atoms with Crippen LogP contribution in [0.2, 0.25) is 0 Å². The normalized spacial score (nSPS) is 24.0. The van der Waals surface area contributed by atoms with Crippen molar-refractivity contribution in [2.24, 2.45) is 9.98 Å². The molecule has 15 heavy (non-hydrogen) atoms. The fraction of sp³-hybridized carbons (Fsp3) is 0.111. The molecule has 0 atom stereocenters. The lowest BCUT2D eigenvalue weighted by molar-refractivity contribution is -0.130. The average molecular weight is 206 g/mol. The van der Waals surface area contributed by atoms with Gasteiger partial charge in [-0.25, -0.2) is 19.6 Å². The Bertz CT molecular complexity index is 391. The molecule has 6 nitrogen and oxygen atoms in total. The number of nitrogens with zero attached hydrogens (tertiary/aromatic N) is 2. The first-order valence-corrected chi connectivity index (χ1v) is 4.13. The predicted molar refractivity (Wildman–Crippen MR) is 50.2 cm³/mol. The van der Waals surface area contributed by atoms with Crippen molar-refractivity contribution in [2.75, 3.05) is 6.67 Å². The van der Waals surface area contributed by atoms with Crippen molar-refractivity contribution in [3.05, 3.63) is 24.3 Å². The molecule has 0 amide bonds. The molecule has 0 radical (unpaired) electrons. The van der Waals surface area contributed by atoms with Crippen molar-refractivity contribution in [2.45, 2.75) is 0 Å². The highest BCUT2D eigenvalue weighted by molar-refractivity contribution is 6.08. The minimum Gasteiger partial charge on any atom is -0.405 e. The van der Waals surface area contributed by atoms with Gasteiger partial charge in [-0.05, 0) is 0 Å². The molecule has 0 unspecified atom stereocenters. The molecule has 76 valence electrons. The van der Waals surface area contributed by atoms with Gasteiger partial charge in [-0.2, -0.15) is 0 Å². The number of rotatable bonds is 2. The molecule has 0 fully saturated rings. The second-order valence-corrected chi connectivity index (χ2v) is 2.64. The maximum absolute atomic E-state index is 10.6. The van der Waals surface area contributed by atoms with Gasteiger partial charge in [-0.3, -0.25) is 0 Å². The van der Waals surface area contributed by atoms with Crippen LogP contribution in [0.15, 0.2) is 34.3 Å².